The second kappa shape index (κ2) is 9.29. The molecule has 4 fully saturated rings. The number of hydrogen-bond acceptors (Lipinski definition) is 4. The van der Waals surface area contributed by atoms with Crippen LogP contribution in [0.5, 0.6) is 0 Å². The van der Waals surface area contributed by atoms with E-state index in [0.717, 1.165) is 58.4 Å². The Balaban J connectivity index is 1.14. The first-order valence-electron chi connectivity index (χ1n) is 12.1. The van der Waals surface area contributed by atoms with E-state index < -0.39 is 0 Å². The molecule has 3 aliphatic heterocycles. The third-order valence-corrected chi connectivity index (χ3v) is 7.88. The molecule has 1 aromatic rings. The number of hydrogen-bond donors (Lipinski definition) is 1. The number of likely N-dealkylation sites (tertiary alicyclic amines) is 2. The van der Waals surface area contributed by atoms with Gasteiger partial charge in [-0.3, -0.25) is 9.59 Å². The standard InChI is InChI=1S/C25H35N3O3/c29-24(20-10-12-31-17-20)26-23(18-5-2-1-3-6-18)9-11-27-13-21-15-28(16-22(21)14-27)25(30)19-7-4-8-19/h1-3,5-6,19-23H,4,7-17H2,(H,26,29)/t20?,21-,22?,23?/m0/s1. The highest BCUT2D eigenvalue weighted by molar-refractivity contribution is 5.80. The minimum Gasteiger partial charge on any atom is -0.381 e. The summed E-state index contributed by atoms with van der Waals surface area (Å²) in [4.78, 5) is 30.0. The van der Waals surface area contributed by atoms with Crippen molar-refractivity contribution in [1.82, 2.24) is 15.1 Å². The highest BCUT2D eigenvalue weighted by Crippen LogP contribution is 2.35. The van der Waals surface area contributed by atoms with Crippen molar-refractivity contribution in [1.29, 1.82) is 0 Å². The Morgan fingerprint density at radius 1 is 1.00 bits per heavy atom. The van der Waals surface area contributed by atoms with Gasteiger partial charge in [-0.1, -0.05) is 36.8 Å². The number of amides is 2. The molecule has 0 aromatic heterocycles. The van der Waals surface area contributed by atoms with Crippen LogP contribution in [0.15, 0.2) is 30.3 Å². The minimum absolute atomic E-state index is 0.0171. The van der Waals surface area contributed by atoms with Crippen molar-refractivity contribution in [2.24, 2.45) is 23.7 Å². The Kier molecular flexibility index (Phi) is 6.28. The number of rotatable bonds is 7. The van der Waals surface area contributed by atoms with E-state index in [0.29, 0.717) is 36.9 Å². The zero-order valence-electron chi connectivity index (χ0n) is 18.4. The third kappa shape index (κ3) is 4.65. The molecular formula is C25H35N3O3. The van der Waals surface area contributed by atoms with Crippen LogP contribution in [0.3, 0.4) is 0 Å². The summed E-state index contributed by atoms with van der Waals surface area (Å²) >= 11 is 0. The van der Waals surface area contributed by atoms with E-state index in [1.54, 1.807) is 0 Å². The molecule has 1 aliphatic carbocycles. The lowest BCUT2D eigenvalue weighted by atomic mass is 9.84. The van der Waals surface area contributed by atoms with Crippen LogP contribution < -0.4 is 5.32 Å². The molecule has 1 aromatic carbocycles. The molecule has 0 bridgehead atoms. The van der Waals surface area contributed by atoms with E-state index in [2.05, 4.69) is 27.2 Å². The lowest BCUT2D eigenvalue weighted by Gasteiger charge is -2.30. The summed E-state index contributed by atoms with van der Waals surface area (Å²) in [6.45, 7) is 6.23. The number of benzene rings is 1. The van der Waals surface area contributed by atoms with Gasteiger partial charge in [-0.15, -0.1) is 0 Å². The Morgan fingerprint density at radius 2 is 1.74 bits per heavy atom. The van der Waals surface area contributed by atoms with Crippen molar-refractivity contribution < 1.29 is 14.3 Å². The second-order valence-corrected chi connectivity index (χ2v) is 9.97. The van der Waals surface area contributed by atoms with Crippen LogP contribution in [0.4, 0.5) is 0 Å². The van der Waals surface area contributed by atoms with E-state index in [-0.39, 0.29) is 17.9 Å². The third-order valence-electron chi connectivity index (χ3n) is 7.88. The molecule has 5 rings (SSSR count). The van der Waals surface area contributed by atoms with Crippen LogP contribution in [-0.4, -0.2) is 67.6 Å². The monoisotopic (exact) mass is 425 g/mol. The predicted octanol–water partition coefficient (Wildman–Crippen LogP) is 2.46. The smallest absolute Gasteiger partial charge is 0.226 e. The van der Waals surface area contributed by atoms with Gasteiger partial charge in [0, 0.05) is 45.2 Å². The van der Waals surface area contributed by atoms with Crippen LogP contribution in [-0.2, 0) is 14.3 Å². The maximum Gasteiger partial charge on any atom is 0.226 e. The first kappa shape index (κ1) is 21.0. The van der Waals surface area contributed by atoms with Crippen molar-refractivity contribution in [3.8, 4) is 0 Å². The van der Waals surface area contributed by atoms with Crippen molar-refractivity contribution in [2.75, 3.05) is 45.9 Å². The molecule has 31 heavy (non-hydrogen) atoms. The molecule has 3 heterocycles. The molecule has 6 nitrogen and oxygen atoms in total. The highest BCUT2D eigenvalue weighted by Gasteiger charge is 2.43. The first-order valence-corrected chi connectivity index (χ1v) is 12.1. The Hall–Kier alpha value is -1.92. The first-order chi connectivity index (χ1) is 15.2. The number of carbonyl (C=O) groups excluding carboxylic acids is 2. The molecule has 0 radical (unpaired) electrons. The summed E-state index contributed by atoms with van der Waals surface area (Å²) in [5, 5.41) is 3.30. The van der Waals surface area contributed by atoms with Crippen LogP contribution in [0, 0.1) is 23.7 Å². The molecule has 0 spiro atoms. The summed E-state index contributed by atoms with van der Waals surface area (Å²) in [6, 6.07) is 10.4. The molecule has 168 valence electrons. The molecular weight excluding hydrogens is 390 g/mol. The van der Waals surface area contributed by atoms with Gasteiger partial charge in [0.15, 0.2) is 0 Å². The van der Waals surface area contributed by atoms with Gasteiger partial charge in [-0.2, -0.15) is 0 Å². The van der Waals surface area contributed by atoms with E-state index >= 15 is 0 Å². The molecule has 6 heteroatoms. The van der Waals surface area contributed by atoms with E-state index in [1.807, 2.05) is 18.2 Å². The average Bonchev–Trinajstić information content (AvgIpc) is 3.46. The summed E-state index contributed by atoms with van der Waals surface area (Å²) in [5.41, 5.74) is 1.17. The molecule has 2 amide bonds. The van der Waals surface area contributed by atoms with Gasteiger partial charge in [-0.05, 0) is 43.1 Å². The normalized spacial score (nSPS) is 29.5. The van der Waals surface area contributed by atoms with Gasteiger partial charge < -0.3 is 19.9 Å². The second-order valence-electron chi connectivity index (χ2n) is 9.97. The zero-order chi connectivity index (χ0) is 21.2. The maximum atomic E-state index is 12.7. The molecule has 1 N–H and O–H groups in total. The van der Waals surface area contributed by atoms with E-state index in [1.165, 1.54) is 12.0 Å². The van der Waals surface area contributed by atoms with Crippen molar-refractivity contribution in [3.63, 3.8) is 0 Å². The number of ether oxygens (including phenoxy) is 1. The van der Waals surface area contributed by atoms with Crippen LogP contribution in [0.1, 0.15) is 43.7 Å². The van der Waals surface area contributed by atoms with Crippen LogP contribution >= 0.6 is 0 Å². The molecule has 3 saturated heterocycles. The van der Waals surface area contributed by atoms with Crippen molar-refractivity contribution in [3.05, 3.63) is 35.9 Å². The fraction of sp³-hybridized carbons (Fsp3) is 0.680. The minimum atomic E-state index is -0.0171. The zero-order valence-corrected chi connectivity index (χ0v) is 18.4. The fourth-order valence-electron chi connectivity index (χ4n) is 5.72. The van der Waals surface area contributed by atoms with Gasteiger partial charge in [0.05, 0.1) is 18.6 Å². The Bertz CT molecular complexity index is 761. The van der Waals surface area contributed by atoms with Crippen LogP contribution in [0.25, 0.3) is 0 Å². The number of nitrogens with zero attached hydrogens (tertiary/aromatic N) is 2. The fourth-order valence-corrected chi connectivity index (χ4v) is 5.72. The molecule has 1 saturated carbocycles. The van der Waals surface area contributed by atoms with Crippen molar-refractivity contribution >= 4 is 11.8 Å². The number of fused-ring (bicyclic) bond motifs is 1. The highest BCUT2D eigenvalue weighted by atomic mass is 16.5. The lowest BCUT2D eigenvalue weighted by Crippen LogP contribution is -2.40. The van der Waals surface area contributed by atoms with Gasteiger partial charge in [0.1, 0.15) is 0 Å². The maximum absolute atomic E-state index is 12.7. The SMILES string of the molecule is O=C(NC(CCN1CC2CN(C(=O)C3CCC3)C[C@@H]2C1)c1ccccc1)C1CCOC1. The number of nitrogens with one attached hydrogen (secondary N) is 1. The summed E-state index contributed by atoms with van der Waals surface area (Å²) in [7, 11) is 0. The Labute approximate surface area is 185 Å². The summed E-state index contributed by atoms with van der Waals surface area (Å²) in [6.07, 6.45) is 5.14. The molecule has 4 atom stereocenters. The summed E-state index contributed by atoms with van der Waals surface area (Å²) in [5.74, 6) is 2.06. The lowest BCUT2D eigenvalue weighted by molar-refractivity contribution is -0.137. The number of carbonyl (C=O) groups is 2. The van der Waals surface area contributed by atoms with E-state index in [9.17, 15) is 9.59 Å². The topological polar surface area (TPSA) is 61.9 Å². The van der Waals surface area contributed by atoms with Gasteiger partial charge in [-0.25, -0.2) is 0 Å². The van der Waals surface area contributed by atoms with E-state index in [4.69, 9.17) is 4.74 Å². The van der Waals surface area contributed by atoms with Crippen LogP contribution in [0.2, 0.25) is 0 Å². The predicted molar refractivity (Wildman–Crippen MR) is 118 cm³/mol. The van der Waals surface area contributed by atoms with Gasteiger partial charge in [0.25, 0.3) is 0 Å². The summed E-state index contributed by atoms with van der Waals surface area (Å²) < 4.78 is 5.40. The molecule has 3 unspecified atom stereocenters. The van der Waals surface area contributed by atoms with Crippen molar-refractivity contribution in [2.45, 2.75) is 38.1 Å². The average molecular weight is 426 g/mol. The molecule has 4 aliphatic rings. The quantitative estimate of drug-likeness (QED) is 0.729. The largest absolute Gasteiger partial charge is 0.381 e. The van der Waals surface area contributed by atoms with Gasteiger partial charge >= 0.3 is 0 Å². The van der Waals surface area contributed by atoms with Gasteiger partial charge in [0.2, 0.25) is 11.8 Å². The Morgan fingerprint density at radius 3 is 2.35 bits per heavy atom.